The van der Waals surface area contributed by atoms with Gasteiger partial charge in [-0.25, -0.2) is 4.98 Å². The monoisotopic (exact) mass is 372 g/mol. The molecule has 0 aliphatic carbocycles. The van der Waals surface area contributed by atoms with Crippen LogP contribution in [0.1, 0.15) is 41.5 Å². The molecule has 1 aromatic heterocycles. The summed E-state index contributed by atoms with van der Waals surface area (Å²) in [7, 11) is 0. The molecule has 18 heavy (non-hydrogen) atoms. The van der Waals surface area contributed by atoms with E-state index in [1.165, 1.54) is 19.6 Å². The van der Waals surface area contributed by atoms with Crippen LogP contribution in [0.25, 0.3) is 0 Å². The maximum absolute atomic E-state index is 5.83. The van der Waals surface area contributed by atoms with Gasteiger partial charge in [0.1, 0.15) is 0 Å². The summed E-state index contributed by atoms with van der Waals surface area (Å²) in [4.78, 5) is 5.73. The van der Waals surface area contributed by atoms with Crippen molar-refractivity contribution in [1.29, 1.82) is 0 Å². The van der Waals surface area contributed by atoms with Crippen LogP contribution in [0.5, 0.6) is 0 Å². The van der Waals surface area contributed by atoms with Gasteiger partial charge in [-0.15, -0.1) is 11.3 Å². The molecular formula is C14H17IN2S. The first-order chi connectivity index (χ1) is 8.47. The lowest BCUT2D eigenvalue weighted by Crippen LogP contribution is -1.96. The van der Waals surface area contributed by atoms with E-state index in [4.69, 9.17) is 5.73 Å². The highest BCUT2D eigenvalue weighted by atomic mass is 127. The fourth-order valence-corrected chi connectivity index (χ4v) is 3.49. The van der Waals surface area contributed by atoms with Gasteiger partial charge >= 0.3 is 0 Å². The van der Waals surface area contributed by atoms with E-state index < -0.39 is 0 Å². The number of halogens is 1. The zero-order chi connectivity index (χ0) is 13.3. The summed E-state index contributed by atoms with van der Waals surface area (Å²) in [5.41, 5.74) is 9.63. The van der Waals surface area contributed by atoms with Crippen molar-refractivity contribution in [3.05, 3.63) is 43.5 Å². The van der Waals surface area contributed by atoms with E-state index >= 15 is 0 Å². The van der Waals surface area contributed by atoms with Gasteiger partial charge in [0.2, 0.25) is 0 Å². The van der Waals surface area contributed by atoms with Crippen molar-refractivity contribution >= 4 is 39.1 Å². The Morgan fingerprint density at radius 1 is 1.39 bits per heavy atom. The highest BCUT2D eigenvalue weighted by Gasteiger charge is 2.13. The van der Waals surface area contributed by atoms with Crippen LogP contribution >= 0.6 is 33.9 Å². The number of hydrogen-bond acceptors (Lipinski definition) is 3. The zero-order valence-corrected chi connectivity index (χ0v) is 13.8. The van der Waals surface area contributed by atoms with Crippen molar-refractivity contribution in [2.45, 2.75) is 33.1 Å². The van der Waals surface area contributed by atoms with E-state index in [-0.39, 0.29) is 0 Å². The van der Waals surface area contributed by atoms with E-state index in [2.05, 4.69) is 66.5 Å². The first-order valence-corrected chi connectivity index (χ1v) is 7.87. The van der Waals surface area contributed by atoms with E-state index in [1.807, 2.05) is 0 Å². The topological polar surface area (TPSA) is 38.9 Å². The standard InChI is InChI=1S/C14H17IN2S/c1-8(2)13-12(18-14(16)17-13)7-10-5-4-9(3)11(15)6-10/h4-6,8H,7H2,1-3H3,(H2,16,17). The maximum atomic E-state index is 5.83. The van der Waals surface area contributed by atoms with Gasteiger partial charge in [0.25, 0.3) is 0 Å². The van der Waals surface area contributed by atoms with Crippen molar-refractivity contribution in [2.24, 2.45) is 0 Å². The number of anilines is 1. The molecular weight excluding hydrogens is 355 g/mol. The van der Waals surface area contributed by atoms with Gasteiger partial charge in [-0.05, 0) is 52.6 Å². The maximum Gasteiger partial charge on any atom is 0.180 e. The molecule has 0 bridgehead atoms. The number of nitrogens with zero attached hydrogens (tertiary/aromatic N) is 1. The third kappa shape index (κ3) is 3.03. The number of hydrogen-bond donors (Lipinski definition) is 1. The number of rotatable bonds is 3. The van der Waals surface area contributed by atoms with Crippen LogP contribution in [0.3, 0.4) is 0 Å². The van der Waals surface area contributed by atoms with Gasteiger partial charge in [-0.2, -0.15) is 0 Å². The molecule has 0 atom stereocenters. The van der Waals surface area contributed by atoms with Crippen molar-refractivity contribution in [1.82, 2.24) is 4.98 Å². The normalized spacial score (nSPS) is 11.2. The first-order valence-electron chi connectivity index (χ1n) is 5.97. The highest BCUT2D eigenvalue weighted by molar-refractivity contribution is 14.1. The molecule has 0 radical (unpaired) electrons. The van der Waals surface area contributed by atoms with Crippen LogP contribution in [0.4, 0.5) is 5.13 Å². The van der Waals surface area contributed by atoms with E-state index in [0.29, 0.717) is 11.0 Å². The Balaban J connectivity index is 2.30. The third-order valence-electron chi connectivity index (χ3n) is 2.89. The molecule has 2 nitrogen and oxygen atoms in total. The number of nitrogens with two attached hydrogens (primary N) is 1. The fraction of sp³-hybridized carbons (Fsp3) is 0.357. The van der Waals surface area contributed by atoms with Crippen LogP contribution in [0, 0.1) is 10.5 Å². The fourth-order valence-electron chi connectivity index (χ4n) is 1.89. The Kier molecular flexibility index (Phi) is 4.27. The minimum Gasteiger partial charge on any atom is -0.375 e. The molecule has 0 aliphatic rings. The minimum atomic E-state index is 0.429. The summed E-state index contributed by atoms with van der Waals surface area (Å²) < 4.78 is 1.31. The van der Waals surface area contributed by atoms with Crippen LogP contribution < -0.4 is 5.73 Å². The number of thiazole rings is 1. The SMILES string of the molecule is Cc1ccc(Cc2sc(N)nc2C(C)C)cc1I. The molecule has 2 aromatic rings. The second-order valence-electron chi connectivity index (χ2n) is 4.78. The van der Waals surface area contributed by atoms with E-state index in [1.54, 1.807) is 11.3 Å². The summed E-state index contributed by atoms with van der Waals surface area (Å²) in [5, 5.41) is 0.676. The lowest BCUT2D eigenvalue weighted by molar-refractivity contribution is 0.820. The summed E-state index contributed by atoms with van der Waals surface area (Å²) in [6, 6.07) is 6.62. The second-order valence-corrected chi connectivity index (χ2v) is 7.05. The molecule has 0 amide bonds. The second kappa shape index (κ2) is 5.57. The predicted molar refractivity (Wildman–Crippen MR) is 87.3 cm³/mol. The first kappa shape index (κ1) is 13.8. The average molecular weight is 372 g/mol. The smallest absolute Gasteiger partial charge is 0.180 e. The molecule has 1 heterocycles. The third-order valence-corrected chi connectivity index (χ3v) is 4.95. The molecule has 0 spiro atoms. The predicted octanol–water partition coefficient (Wildman–Crippen LogP) is 4.35. The number of aryl methyl sites for hydroxylation is 1. The van der Waals surface area contributed by atoms with Gasteiger partial charge in [-0.1, -0.05) is 26.0 Å². The Morgan fingerprint density at radius 3 is 2.72 bits per heavy atom. The lowest BCUT2D eigenvalue weighted by atomic mass is 10.0. The summed E-state index contributed by atoms with van der Waals surface area (Å²) in [6.07, 6.45) is 0.929. The average Bonchev–Trinajstić information content (AvgIpc) is 2.65. The van der Waals surface area contributed by atoms with Crippen LogP contribution in [-0.4, -0.2) is 4.98 Å². The number of nitrogen functional groups attached to an aromatic ring is 1. The van der Waals surface area contributed by atoms with Crippen LogP contribution in [0.2, 0.25) is 0 Å². The molecule has 1 aromatic carbocycles. The van der Waals surface area contributed by atoms with Crippen molar-refractivity contribution in [2.75, 3.05) is 5.73 Å². The molecule has 2 rings (SSSR count). The molecule has 0 unspecified atom stereocenters. The highest BCUT2D eigenvalue weighted by Crippen LogP contribution is 2.29. The van der Waals surface area contributed by atoms with Crippen LogP contribution in [-0.2, 0) is 6.42 Å². The summed E-state index contributed by atoms with van der Waals surface area (Å²) >= 11 is 3.99. The lowest BCUT2D eigenvalue weighted by Gasteiger charge is -2.06. The van der Waals surface area contributed by atoms with Gasteiger partial charge in [0.15, 0.2) is 5.13 Å². The van der Waals surface area contributed by atoms with Crippen LogP contribution in [0.15, 0.2) is 18.2 Å². The van der Waals surface area contributed by atoms with E-state index in [9.17, 15) is 0 Å². The molecule has 0 saturated heterocycles. The Bertz CT molecular complexity index is 561. The van der Waals surface area contributed by atoms with Gasteiger partial charge in [0.05, 0.1) is 5.69 Å². The molecule has 2 N–H and O–H groups in total. The van der Waals surface area contributed by atoms with Crippen molar-refractivity contribution in [3.63, 3.8) is 0 Å². The minimum absolute atomic E-state index is 0.429. The van der Waals surface area contributed by atoms with E-state index in [0.717, 1.165) is 12.1 Å². The molecule has 0 aliphatic heterocycles. The van der Waals surface area contributed by atoms with Gasteiger partial charge in [0, 0.05) is 14.9 Å². The Morgan fingerprint density at radius 2 is 2.11 bits per heavy atom. The summed E-state index contributed by atoms with van der Waals surface area (Å²) in [5.74, 6) is 0.429. The van der Waals surface area contributed by atoms with Gasteiger partial charge < -0.3 is 5.73 Å². The Labute approximate surface area is 126 Å². The number of aromatic nitrogens is 1. The molecule has 96 valence electrons. The molecule has 4 heteroatoms. The molecule has 0 saturated carbocycles. The summed E-state index contributed by atoms with van der Waals surface area (Å²) in [6.45, 7) is 6.46. The molecule has 0 fully saturated rings. The zero-order valence-electron chi connectivity index (χ0n) is 10.8. The van der Waals surface area contributed by atoms with Crippen molar-refractivity contribution < 1.29 is 0 Å². The van der Waals surface area contributed by atoms with Gasteiger partial charge in [-0.3, -0.25) is 0 Å². The van der Waals surface area contributed by atoms with Crippen molar-refractivity contribution in [3.8, 4) is 0 Å². The number of benzene rings is 1. The Hall–Kier alpha value is -0.620. The largest absolute Gasteiger partial charge is 0.375 e. The quantitative estimate of drug-likeness (QED) is 0.814.